The number of nitrogens with zero attached hydrogens (tertiary/aromatic N) is 1. The van der Waals surface area contributed by atoms with Gasteiger partial charge in [0.2, 0.25) is 0 Å². The van der Waals surface area contributed by atoms with E-state index in [9.17, 15) is 10.1 Å². The molecule has 0 unspecified atom stereocenters. The number of anilines is 1. The number of nitrogens with one attached hydrogen (secondary N) is 2. The minimum Gasteiger partial charge on any atom is -0.497 e. The second-order valence-electron chi connectivity index (χ2n) is 5.66. The lowest BCUT2D eigenvalue weighted by Crippen LogP contribution is -2.24. The highest BCUT2D eigenvalue weighted by Crippen LogP contribution is 2.16. The molecule has 0 heterocycles. The van der Waals surface area contributed by atoms with Crippen LogP contribution < -0.4 is 15.4 Å². The van der Waals surface area contributed by atoms with Crippen molar-refractivity contribution >= 4 is 11.6 Å². The molecule has 0 aromatic heterocycles. The van der Waals surface area contributed by atoms with Gasteiger partial charge in [-0.25, -0.2) is 0 Å². The summed E-state index contributed by atoms with van der Waals surface area (Å²) in [7, 11) is 1.60. The number of carbonyl (C=O) groups is 1. The van der Waals surface area contributed by atoms with Crippen LogP contribution in [0.5, 0.6) is 5.75 Å². The number of hydrogen-bond acceptors (Lipinski definition) is 4. The van der Waals surface area contributed by atoms with Crippen LogP contribution in [-0.4, -0.2) is 13.0 Å². The van der Waals surface area contributed by atoms with E-state index < -0.39 is 5.91 Å². The van der Waals surface area contributed by atoms with Crippen LogP contribution in [0.3, 0.4) is 0 Å². The van der Waals surface area contributed by atoms with Crippen LogP contribution in [0.2, 0.25) is 0 Å². The third kappa shape index (κ3) is 5.11. The van der Waals surface area contributed by atoms with Crippen LogP contribution in [-0.2, 0) is 11.3 Å². The molecule has 0 saturated carbocycles. The van der Waals surface area contributed by atoms with Gasteiger partial charge in [-0.2, -0.15) is 5.26 Å². The van der Waals surface area contributed by atoms with Crippen LogP contribution >= 0.6 is 0 Å². The van der Waals surface area contributed by atoms with E-state index in [2.05, 4.69) is 10.6 Å². The average molecular weight is 335 g/mol. The van der Waals surface area contributed by atoms with Crippen LogP contribution in [0.1, 0.15) is 16.7 Å². The van der Waals surface area contributed by atoms with Gasteiger partial charge in [-0.3, -0.25) is 4.79 Å². The van der Waals surface area contributed by atoms with E-state index in [1.165, 1.54) is 6.20 Å². The van der Waals surface area contributed by atoms with E-state index in [1.54, 1.807) is 7.11 Å². The first-order valence-corrected chi connectivity index (χ1v) is 7.88. The number of methoxy groups -OCH3 is 1. The Morgan fingerprint density at radius 3 is 2.52 bits per heavy atom. The van der Waals surface area contributed by atoms with Crippen LogP contribution in [0.4, 0.5) is 5.69 Å². The SMILES string of the molecule is COc1ccc(CNC(=O)/C(C#N)=C\Nc2ccc(C)cc2C)cc1. The Bertz CT molecular complexity index is 818. The van der Waals surface area contributed by atoms with Gasteiger partial charge in [-0.05, 0) is 43.2 Å². The third-order valence-corrected chi connectivity index (χ3v) is 3.73. The molecule has 1 amide bonds. The predicted octanol–water partition coefficient (Wildman–Crippen LogP) is 3.45. The van der Waals surface area contributed by atoms with Gasteiger partial charge in [0.25, 0.3) is 5.91 Å². The van der Waals surface area contributed by atoms with Gasteiger partial charge in [-0.15, -0.1) is 0 Å². The normalized spacial score (nSPS) is 10.7. The minimum atomic E-state index is -0.421. The molecule has 0 aliphatic carbocycles. The quantitative estimate of drug-likeness (QED) is 0.626. The largest absolute Gasteiger partial charge is 0.497 e. The van der Waals surface area contributed by atoms with E-state index in [0.29, 0.717) is 6.54 Å². The third-order valence-electron chi connectivity index (χ3n) is 3.73. The summed E-state index contributed by atoms with van der Waals surface area (Å²) >= 11 is 0. The monoisotopic (exact) mass is 335 g/mol. The zero-order valence-electron chi connectivity index (χ0n) is 14.6. The fourth-order valence-corrected chi connectivity index (χ4v) is 2.30. The zero-order chi connectivity index (χ0) is 18.2. The lowest BCUT2D eigenvalue weighted by molar-refractivity contribution is -0.117. The smallest absolute Gasteiger partial charge is 0.263 e. The number of hydrogen-bond donors (Lipinski definition) is 2. The molecule has 2 N–H and O–H groups in total. The van der Waals surface area contributed by atoms with E-state index in [0.717, 1.165) is 28.1 Å². The van der Waals surface area contributed by atoms with Crippen molar-refractivity contribution in [2.24, 2.45) is 0 Å². The maximum atomic E-state index is 12.2. The highest BCUT2D eigenvalue weighted by Gasteiger charge is 2.09. The molecular weight excluding hydrogens is 314 g/mol. The molecule has 2 aromatic rings. The Kier molecular flexibility index (Phi) is 6.19. The van der Waals surface area contributed by atoms with Gasteiger partial charge >= 0.3 is 0 Å². The van der Waals surface area contributed by atoms with Crippen molar-refractivity contribution in [3.05, 3.63) is 70.9 Å². The molecule has 0 saturated heterocycles. The molecule has 25 heavy (non-hydrogen) atoms. The minimum absolute atomic E-state index is 0.0217. The number of carbonyl (C=O) groups excluding carboxylic acids is 1. The van der Waals surface area contributed by atoms with Crippen molar-refractivity contribution in [2.45, 2.75) is 20.4 Å². The van der Waals surface area contributed by atoms with Crippen LogP contribution in [0, 0.1) is 25.2 Å². The van der Waals surface area contributed by atoms with E-state index >= 15 is 0 Å². The highest BCUT2D eigenvalue weighted by atomic mass is 16.5. The highest BCUT2D eigenvalue weighted by molar-refractivity contribution is 5.97. The molecule has 0 atom stereocenters. The van der Waals surface area contributed by atoms with Gasteiger partial charge in [0.05, 0.1) is 7.11 Å². The fourth-order valence-electron chi connectivity index (χ4n) is 2.30. The molecule has 5 heteroatoms. The van der Waals surface area contributed by atoms with Crippen LogP contribution in [0.25, 0.3) is 0 Å². The topological polar surface area (TPSA) is 74.1 Å². The molecule has 0 spiro atoms. The maximum absolute atomic E-state index is 12.2. The lowest BCUT2D eigenvalue weighted by Gasteiger charge is -2.08. The Balaban J connectivity index is 1.98. The summed E-state index contributed by atoms with van der Waals surface area (Å²) in [6, 6.07) is 15.2. The van der Waals surface area contributed by atoms with E-state index in [4.69, 9.17) is 4.74 Å². The summed E-state index contributed by atoms with van der Waals surface area (Å²) in [5, 5.41) is 15.0. The standard InChI is InChI=1S/C20H21N3O2/c1-14-4-9-19(15(2)10-14)22-13-17(11-21)20(24)23-12-16-5-7-18(25-3)8-6-16/h4-10,13,22H,12H2,1-3H3,(H,23,24)/b17-13-. The number of nitriles is 1. The van der Waals surface area contributed by atoms with Gasteiger partial charge < -0.3 is 15.4 Å². The molecule has 2 aromatic carbocycles. The van der Waals surface area contributed by atoms with Crippen LogP contribution in [0.15, 0.2) is 54.2 Å². The van der Waals surface area contributed by atoms with Crippen molar-refractivity contribution in [1.29, 1.82) is 5.26 Å². The fraction of sp³-hybridized carbons (Fsp3) is 0.200. The van der Waals surface area contributed by atoms with E-state index in [1.807, 2.05) is 62.4 Å². The molecular formula is C20H21N3O2. The first kappa shape index (κ1) is 18.1. The summed E-state index contributed by atoms with van der Waals surface area (Å²) in [5.41, 5.74) is 4.01. The number of aryl methyl sites for hydroxylation is 2. The Hall–Kier alpha value is -3.26. The number of benzene rings is 2. The Morgan fingerprint density at radius 2 is 1.92 bits per heavy atom. The number of ether oxygens (including phenoxy) is 1. The van der Waals surface area contributed by atoms with Gasteiger partial charge in [0.1, 0.15) is 17.4 Å². The van der Waals surface area contributed by atoms with Crippen molar-refractivity contribution in [3.63, 3.8) is 0 Å². The molecule has 0 fully saturated rings. The molecule has 5 nitrogen and oxygen atoms in total. The molecule has 0 radical (unpaired) electrons. The molecule has 2 rings (SSSR count). The first-order chi connectivity index (χ1) is 12.0. The van der Waals surface area contributed by atoms with E-state index in [-0.39, 0.29) is 5.57 Å². The van der Waals surface area contributed by atoms with Gasteiger partial charge in [0, 0.05) is 18.4 Å². The predicted molar refractivity (Wildman–Crippen MR) is 98.1 cm³/mol. The average Bonchev–Trinajstić information content (AvgIpc) is 2.62. The van der Waals surface area contributed by atoms with Gasteiger partial charge in [0.15, 0.2) is 0 Å². The first-order valence-electron chi connectivity index (χ1n) is 7.88. The number of rotatable bonds is 6. The molecule has 128 valence electrons. The summed E-state index contributed by atoms with van der Waals surface area (Å²) in [5.74, 6) is 0.334. The summed E-state index contributed by atoms with van der Waals surface area (Å²) in [6.45, 7) is 4.32. The Morgan fingerprint density at radius 1 is 1.20 bits per heavy atom. The van der Waals surface area contributed by atoms with Crippen molar-refractivity contribution < 1.29 is 9.53 Å². The molecule has 0 bridgehead atoms. The second-order valence-corrected chi connectivity index (χ2v) is 5.66. The number of amides is 1. The van der Waals surface area contributed by atoms with Crippen molar-refractivity contribution in [3.8, 4) is 11.8 Å². The maximum Gasteiger partial charge on any atom is 0.263 e. The second kappa shape index (κ2) is 8.55. The summed E-state index contributed by atoms with van der Waals surface area (Å²) < 4.78 is 5.09. The Labute approximate surface area is 147 Å². The zero-order valence-corrected chi connectivity index (χ0v) is 14.6. The lowest BCUT2D eigenvalue weighted by atomic mass is 10.1. The summed E-state index contributed by atoms with van der Waals surface area (Å²) in [4.78, 5) is 12.2. The van der Waals surface area contributed by atoms with Crippen molar-refractivity contribution in [1.82, 2.24) is 5.32 Å². The van der Waals surface area contributed by atoms with Gasteiger partial charge in [-0.1, -0.05) is 29.8 Å². The van der Waals surface area contributed by atoms with Crippen molar-refractivity contribution in [2.75, 3.05) is 12.4 Å². The molecule has 0 aliphatic heterocycles. The summed E-state index contributed by atoms with van der Waals surface area (Å²) in [6.07, 6.45) is 1.43. The molecule has 0 aliphatic rings.